The second-order valence-electron chi connectivity index (χ2n) is 9.84. The average molecular weight is 445 g/mol. The predicted octanol–water partition coefficient (Wildman–Crippen LogP) is 4.95. The lowest BCUT2D eigenvalue weighted by atomic mass is 9.81. The monoisotopic (exact) mass is 444 g/mol. The van der Waals surface area contributed by atoms with Crippen molar-refractivity contribution in [1.29, 1.82) is 0 Å². The summed E-state index contributed by atoms with van der Waals surface area (Å²) in [5.41, 5.74) is 7.31. The molecule has 5 nitrogen and oxygen atoms in total. The maximum atomic E-state index is 13.2. The normalized spacial score (nSPS) is 21.9. The van der Waals surface area contributed by atoms with Crippen LogP contribution in [-0.2, 0) is 14.3 Å². The Morgan fingerprint density at radius 1 is 1.09 bits per heavy atom. The SMILES string of the molecule is COCCCO[C@@H](c1ccccc1)[C@@H]1CCCN(C(=O)C[C@H](CN)CC2CCCCC2)C1. The van der Waals surface area contributed by atoms with Crippen molar-refractivity contribution in [1.82, 2.24) is 4.90 Å². The van der Waals surface area contributed by atoms with Crippen LogP contribution in [0.15, 0.2) is 30.3 Å². The highest BCUT2D eigenvalue weighted by molar-refractivity contribution is 5.76. The van der Waals surface area contributed by atoms with Gasteiger partial charge in [0.2, 0.25) is 5.91 Å². The largest absolute Gasteiger partial charge is 0.385 e. The molecule has 1 aliphatic carbocycles. The first kappa shape index (κ1) is 25.2. The molecule has 1 heterocycles. The minimum Gasteiger partial charge on any atom is -0.385 e. The number of piperidine rings is 1. The van der Waals surface area contributed by atoms with Crippen molar-refractivity contribution in [3.63, 3.8) is 0 Å². The van der Waals surface area contributed by atoms with Gasteiger partial charge in [0.15, 0.2) is 0 Å². The molecule has 1 aromatic rings. The molecule has 0 unspecified atom stereocenters. The highest BCUT2D eigenvalue weighted by Gasteiger charge is 2.32. The van der Waals surface area contributed by atoms with Crippen LogP contribution in [0.1, 0.15) is 75.9 Å². The molecule has 3 atom stereocenters. The summed E-state index contributed by atoms with van der Waals surface area (Å²) in [6.45, 7) is 3.64. The Balaban J connectivity index is 1.57. The fraction of sp³-hybridized carbons (Fsp3) is 0.741. The molecule has 2 fully saturated rings. The number of ether oxygens (including phenoxy) is 2. The zero-order valence-electron chi connectivity index (χ0n) is 20.1. The molecule has 180 valence electrons. The molecule has 0 aromatic heterocycles. The molecule has 2 aliphatic rings. The summed E-state index contributed by atoms with van der Waals surface area (Å²) in [5, 5.41) is 0. The smallest absolute Gasteiger partial charge is 0.222 e. The number of hydrogen-bond donors (Lipinski definition) is 1. The molecular weight excluding hydrogens is 400 g/mol. The standard InChI is InChI=1S/C27H44N2O3/c1-31-16-9-17-32-27(24-12-6-3-7-13-24)25-14-8-15-29(21-25)26(30)19-23(20-28)18-22-10-4-2-5-11-22/h3,6-7,12-13,22-23,25,27H,2,4-5,8-11,14-21,28H2,1H3/t23-,25-,27+/m1/s1. The Morgan fingerprint density at radius 2 is 1.88 bits per heavy atom. The lowest BCUT2D eigenvalue weighted by Crippen LogP contribution is -2.43. The molecule has 0 radical (unpaired) electrons. The third kappa shape index (κ3) is 7.86. The number of carbonyl (C=O) groups excluding carboxylic acids is 1. The molecule has 3 rings (SSSR count). The molecule has 5 heteroatoms. The Labute approximate surface area is 195 Å². The molecule has 1 aromatic carbocycles. The number of carbonyl (C=O) groups is 1. The summed E-state index contributed by atoms with van der Waals surface area (Å²) in [6.07, 6.45) is 11.4. The number of hydrogen-bond acceptors (Lipinski definition) is 4. The zero-order valence-corrected chi connectivity index (χ0v) is 20.1. The van der Waals surface area contributed by atoms with Gasteiger partial charge in [-0.1, -0.05) is 62.4 Å². The van der Waals surface area contributed by atoms with E-state index in [2.05, 4.69) is 29.2 Å². The highest BCUT2D eigenvalue weighted by Crippen LogP contribution is 2.34. The summed E-state index contributed by atoms with van der Waals surface area (Å²) >= 11 is 0. The molecule has 0 spiro atoms. The van der Waals surface area contributed by atoms with Gasteiger partial charge in [0.1, 0.15) is 0 Å². The highest BCUT2D eigenvalue weighted by atomic mass is 16.5. The predicted molar refractivity (Wildman–Crippen MR) is 129 cm³/mol. The first-order chi connectivity index (χ1) is 15.7. The van der Waals surface area contributed by atoms with Crippen LogP contribution in [0.2, 0.25) is 0 Å². The van der Waals surface area contributed by atoms with Crippen LogP contribution in [0.5, 0.6) is 0 Å². The number of nitrogens with two attached hydrogens (primary N) is 1. The maximum absolute atomic E-state index is 13.2. The number of likely N-dealkylation sites (tertiary alicyclic amines) is 1. The minimum absolute atomic E-state index is 0.0243. The van der Waals surface area contributed by atoms with Crippen molar-refractivity contribution in [2.24, 2.45) is 23.5 Å². The summed E-state index contributed by atoms with van der Waals surface area (Å²) in [4.78, 5) is 15.3. The van der Waals surface area contributed by atoms with Gasteiger partial charge in [-0.3, -0.25) is 4.79 Å². The topological polar surface area (TPSA) is 64.8 Å². The van der Waals surface area contributed by atoms with E-state index in [0.717, 1.165) is 44.7 Å². The van der Waals surface area contributed by atoms with Crippen molar-refractivity contribution in [2.45, 2.75) is 70.3 Å². The van der Waals surface area contributed by atoms with Gasteiger partial charge in [-0.2, -0.15) is 0 Å². The Kier molecular flexibility index (Phi) is 11.0. The van der Waals surface area contributed by atoms with Gasteiger partial charge >= 0.3 is 0 Å². The van der Waals surface area contributed by atoms with Crippen LogP contribution in [0, 0.1) is 17.8 Å². The van der Waals surface area contributed by atoms with Gasteiger partial charge in [0.25, 0.3) is 0 Å². The number of methoxy groups -OCH3 is 1. The van der Waals surface area contributed by atoms with Crippen molar-refractivity contribution in [3.8, 4) is 0 Å². The summed E-state index contributed by atoms with van der Waals surface area (Å²) in [7, 11) is 1.72. The number of amides is 1. The van der Waals surface area contributed by atoms with Crippen LogP contribution < -0.4 is 5.73 Å². The van der Waals surface area contributed by atoms with E-state index in [1.54, 1.807) is 7.11 Å². The van der Waals surface area contributed by atoms with Gasteiger partial charge in [0, 0.05) is 45.8 Å². The third-order valence-electron chi connectivity index (χ3n) is 7.35. The molecule has 1 saturated carbocycles. The van der Waals surface area contributed by atoms with E-state index in [0.29, 0.717) is 38.0 Å². The quantitative estimate of drug-likeness (QED) is 0.463. The van der Waals surface area contributed by atoms with Crippen molar-refractivity contribution >= 4 is 5.91 Å². The van der Waals surface area contributed by atoms with Gasteiger partial charge in [0.05, 0.1) is 6.10 Å². The lowest BCUT2D eigenvalue weighted by molar-refractivity contribution is -0.135. The van der Waals surface area contributed by atoms with Gasteiger partial charge < -0.3 is 20.1 Å². The molecule has 0 bridgehead atoms. The third-order valence-corrected chi connectivity index (χ3v) is 7.35. The van der Waals surface area contributed by atoms with Crippen LogP contribution in [-0.4, -0.2) is 50.8 Å². The Morgan fingerprint density at radius 3 is 2.59 bits per heavy atom. The lowest BCUT2D eigenvalue weighted by Gasteiger charge is -2.38. The molecule has 1 saturated heterocycles. The van der Waals surface area contributed by atoms with Crippen molar-refractivity contribution < 1.29 is 14.3 Å². The second kappa shape index (κ2) is 14.0. The van der Waals surface area contributed by atoms with Gasteiger partial charge in [-0.05, 0) is 49.6 Å². The van der Waals surface area contributed by atoms with E-state index in [4.69, 9.17) is 15.2 Å². The molecule has 2 N–H and O–H groups in total. The maximum Gasteiger partial charge on any atom is 0.222 e. The number of rotatable bonds is 12. The fourth-order valence-corrected chi connectivity index (χ4v) is 5.58. The average Bonchev–Trinajstić information content (AvgIpc) is 2.85. The number of benzene rings is 1. The summed E-state index contributed by atoms with van der Waals surface area (Å²) in [6, 6.07) is 10.5. The van der Waals surface area contributed by atoms with Crippen molar-refractivity contribution in [2.75, 3.05) is 40.0 Å². The minimum atomic E-state index is 0.0243. The van der Waals surface area contributed by atoms with E-state index in [-0.39, 0.29) is 12.0 Å². The van der Waals surface area contributed by atoms with Gasteiger partial charge in [-0.15, -0.1) is 0 Å². The number of nitrogens with zero attached hydrogens (tertiary/aromatic N) is 1. The molecule has 1 aliphatic heterocycles. The summed E-state index contributed by atoms with van der Waals surface area (Å²) < 4.78 is 11.5. The summed E-state index contributed by atoms with van der Waals surface area (Å²) in [5.74, 6) is 1.70. The second-order valence-corrected chi connectivity index (χ2v) is 9.84. The Bertz CT molecular complexity index is 648. The van der Waals surface area contributed by atoms with Crippen LogP contribution in [0.4, 0.5) is 0 Å². The van der Waals surface area contributed by atoms with Crippen molar-refractivity contribution in [3.05, 3.63) is 35.9 Å². The first-order valence-corrected chi connectivity index (χ1v) is 12.8. The molecule has 32 heavy (non-hydrogen) atoms. The fourth-order valence-electron chi connectivity index (χ4n) is 5.58. The van der Waals surface area contributed by atoms with E-state index >= 15 is 0 Å². The van der Waals surface area contributed by atoms with Crippen LogP contribution in [0.25, 0.3) is 0 Å². The van der Waals surface area contributed by atoms with E-state index < -0.39 is 0 Å². The molecule has 1 amide bonds. The Hall–Kier alpha value is -1.43. The van der Waals surface area contributed by atoms with Gasteiger partial charge in [-0.25, -0.2) is 0 Å². The molecular formula is C27H44N2O3. The van der Waals surface area contributed by atoms with E-state index in [9.17, 15) is 4.79 Å². The first-order valence-electron chi connectivity index (χ1n) is 12.8. The van der Waals surface area contributed by atoms with E-state index in [1.165, 1.54) is 37.7 Å². The van der Waals surface area contributed by atoms with E-state index in [1.807, 2.05) is 6.07 Å². The van der Waals surface area contributed by atoms with Crippen LogP contribution in [0.3, 0.4) is 0 Å². The zero-order chi connectivity index (χ0) is 22.6. The van der Waals surface area contributed by atoms with Crippen LogP contribution >= 0.6 is 0 Å².